The molecule has 12 heavy (non-hydrogen) atoms. The fraction of sp³-hybridized carbons (Fsp3) is 0.333. The van der Waals surface area contributed by atoms with Gasteiger partial charge in [-0.25, -0.2) is 8.42 Å². The lowest BCUT2D eigenvalue weighted by molar-refractivity contribution is 0.597. The molecule has 0 saturated carbocycles. The van der Waals surface area contributed by atoms with Gasteiger partial charge in [-0.1, -0.05) is 13.0 Å². The summed E-state index contributed by atoms with van der Waals surface area (Å²) in [5.41, 5.74) is 0.851. The maximum Gasteiger partial charge on any atom is 0.178 e. The number of hydrogen-bond acceptors (Lipinski definition) is 2. The molecule has 0 bridgehead atoms. The summed E-state index contributed by atoms with van der Waals surface area (Å²) in [5.74, 6) is 0.149. The number of benzene rings is 1. The lowest BCUT2D eigenvalue weighted by Gasteiger charge is -2.00. The Morgan fingerprint density at radius 1 is 1.50 bits per heavy atom. The van der Waals surface area contributed by atoms with Gasteiger partial charge in [0.2, 0.25) is 0 Å². The molecule has 1 aromatic rings. The van der Waals surface area contributed by atoms with E-state index in [1.807, 2.05) is 6.92 Å². The first-order chi connectivity index (χ1) is 5.56. The minimum absolute atomic E-state index is 0.149. The molecule has 0 aromatic heterocycles. The summed E-state index contributed by atoms with van der Waals surface area (Å²) in [4.78, 5) is 0.390. The molecule has 0 amide bonds. The first-order valence-electron chi connectivity index (χ1n) is 3.77. The van der Waals surface area contributed by atoms with E-state index in [-0.39, 0.29) is 5.75 Å². The summed E-state index contributed by atoms with van der Waals surface area (Å²) in [7, 11) is -3.04. The Hall–Kier alpha value is -0.830. The molecule has 0 atom stereocenters. The maximum absolute atomic E-state index is 11.3. The van der Waals surface area contributed by atoms with Crippen LogP contribution in [0.2, 0.25) is 0 Å². The Morgan fingerprint density at radius 2 is 2.17 bits per heavy atom. The van der Waals surface area contributed by atoms with Crippen LogP contribution in [0.25, 0.3) is 0 Å². The minimum atomic E-state index is -3.04. The van der Waals surface area contributed by atoms with Crippen LogP contribution in [0, 0.1) is 13.0 Å². The van der Waals surface area contributed by atoms with E-state index in [0.29, 0.717) is 4.90 Å². The molecule has 0 unspecified atom stereocenters. The van der Waals surface area contributed by atoms with Crippen molar-refractivity contribution in [3.8, 4) is 0 Å². The molecule has 0 fully saturated rings. The number of hydrogen-bond donors (Lipinski definition) is 0. The van der Waals surface area contributed by atoms with Crippen LogP contribution in [0.3, 0.4) is 0 Å². The zero-order chi connectivity index (χ0) is 9.19. The SMILES string of the molecule is CCS(=O)(=O)c1cc[c]c(C)c1. The molecule has 1 rings (SSSR count). The number of aryl methyl sites for hydroxylation is 1. The molecule has 2 nitrogen and oxygen atoms in total. The van der Waals surface area contributed by atoms with Crippen LogP contribution in [-0.2, 0) is 9.84 Å². The number of sulfone groups is 1. The van der Waals surface area contributed by atoms with Crippen molar-refractivity contribution in [3.63, 3.8) is 0 Å². The molecular formula is C9H11O2S. The van der Waals surface area contributed by atoms with E-state index in [9.17, 15) is 8.42 Å². The second-order valence-electron chi connectivity index (χ2n) is 2.61. The average Bonchev–Trinajstić information content (AvgIpc) is 2.05. The fourth-order valence-corrected chi connectivity index (χ4v) is 1.88. The topological polar surface area (TPSA) is 34.1 Å². The Kier molecular flexibility index (Phi) is 2.52. The van der Waals surface area contributed by atoms with E-state index in [1.54, 1.807) is 25.1 Å². The molecule has 0 aliphatic heterocycles. The van der Waals surface area contributed by atoms with Crippen molar-refractivity contribution in [3.05, 3.63) is 29.8 Å². The molecule has 3 heteroatoms. The first-order valence-corrected chi connectivity index (χ1v) is 5.42. The van der Waals surface area contributed by atoms with Crippen molar-refractivity contribution in [2.24, 2.45) is 0 Å². The molecule has 0 saturated heterocycles. The van der Waals surface area contributed by atoms with Gasteiger partial charge in [-0.3, -0.25) is 0 Å². The third-order valence-corrected chi connectivity index (χ3v) is 3.39. The standard InChI is InChI=1S/C9H11O2S/c1-3-12(10,11)9-6-4-5-8(2)7-9/h4,6-7H,3H2,1-2H3. The van der Waals surface area contributed by atoms with Gasteiger partial charge in [0.1, 0.15) is 0 Å². The van der Waals surface area contributed by atoms with Crippen LogP contribution in [0.4, 0.5) is 0 Å². The third-order valence-electron chi connectivity index (χ3n) is 1.66. The molecule has 1 radical (unpaired) electrons. The second kappa shape index (κ2) is 3.27. The minimum Gasteiger partial charge on any atom is -0.224 e. The third kappa shape index (κ3) is 1.85. The highest BCUT2D eigenvalue weighted by Crippen LogP contribution is 2.11. The number of rotatable bonds is 2. The van der Waals surface area contributed by atoms with Gasteiger partial charge in [-0.2, -0.15) is 0 Å². The molecule has 0 spiro atoms. The predicted octanol–water partition coefficient (Wildman–Crippen LogP) is 1.59. The zero-order valence-electron chi connectivity index (χ0n) is 7.16. The highest BCUT2D eigenvalue weighted by Gasteiger charge is 2.10. The van der Waals surface area contributed by atoms with E-state index in [2.05, 4.69) is 6.07 Å². The Bertz CT molecular complexity index is 366. The largest absolute Gasteiger partial charge is 0.224 e. The molecule has 0 aliphatic carbocycles. The molecule has 1 aromatic carbocycles. The summed E-state index contributed by atoms with van der Waals surface area (Å²) >= 11 is 0. The van der Waals surface area contributed by atoms with E-state index < -0.39 is 9.84 Å². The van der Waals surface area contributed by atoms with E-state index >= 15 is 0 Å². The summed E-state index contributed by atoms with van der Waals surface area (Å²) in [6.45, 7) is 3.47. The normalized spacial score (nSPS) is 11.5. The summed E-state index contributed by atoms with van der Waals surface area (Å²) in [6.07, 6.45) is 0. The van der Waals surface area contributed by atoms with E-state index in [4.69, 9.17) is 0 Å². The Labute approximate surface area is 73.2 Å². The van der Waals surface area contributed by atoms with Crippen molar-refractivity contribution in [2.45, 2.75) is 18.7 Å². The average molecular weight is 183 g/mol. The maximum atomic E-state index is 11.3. The van der Waals surface area contributed by atoms with Gasteiger partial charge in [0.25, 0.3) is 0 Å². The molecule has 0 aliphatic rings. The first kappa shape index (κ1) is 9.26. The molecule has 65 valence electrons. The second-order valence-corrected chi connectivity index (χ2v) is 4.89. The van der Waals surface area contributed by atoms with Crippen molar-refractivity contribution in [1.82, 2.24) is 0 Å². The van der Waals surface area contributed by atoms with Crippen molar-refractivity contribution >= 4 is 9.84 Å². The quantitative estimate of drug-likeness (QED) is 0.697. The van der Waals surface area contributed by atoms with Gasteiger partial charge in [-0.05, 0) is 30.7 Å². The van der Waals surface area contributed by atoms with Crippen LogP contribution in [0.1, 0.15) is 12.5 Å². The van der Waals surface area contributed by atoms with E-state index in [0.717, 1.165) is 5.56 Å². The van der Waals surface area contributed by atoms with Crippen molar-refractivity contribution in [2.75, 3.05) is 5.75 Å². The van der Waals surface area contributed by atoms with E-state index in [1.165, 1.54) is 0 Å². The van der Waals surface area contributed by atoms with Gasteiger partial charge in [0.05, 0.1) is 10.6 Å². The Morgan fingerprint density at radius 3 is 2.67 bits per heavy atom. The Balaban J connectivity index is 3.21. The fourth-order valence-electron chi connectivity index (χ4n) is 0.919. The van der Waals surface area contributed by atoms with Gasteiger partial charge in [0, 0.05) is 0 Å². The lowest BCUT2D eigenvalue weighted by atomic mass is 10.2. The highest BCUT2D eigenvalue weighted by molar-refractivity contribution is 7.91. The zero-order valence-corrected chi connectivity index (χ0v) is 7.98. The lowest BCUT2D eigenvalue weighted by Crippen LogP contribution is -2.03. The van der Waals surface area contributed by atoms with Crippen molar-refractivity contribution < 1.29 is 8.42 Å². The predicted molar refractivity (Wildman–Crippen MR) is 47.7 cm³/mol. The van der Waals surface area contributed by atoms with Crippen LogP contribution in [-0.4, -0.2) is 14.2 Å². The van der Waals surface area contributed by atoms with Gasteiger partial charge < -0.3 is 0 Å². The molecular weight excluding hydrogens is 172 g/mol. The van der Waals surface area contributed by atoms with Gasteiger partial charge in [0.15, 0.2) is 9.84 Å². The highest BCUT2D eigenvalue weighted by atomic mass is 32.2. The summed E-state index contributed by atoms with van der Waals surface area (Å²) < 4.78 is 22.7. The van der Waals surface area contributed by atoms with Crippen LogP contribution < -0.4 is 0 Å². The van der Waals surface area contributed by atoms with Crippen LogP contribution in [0.5, 0.6) is 0 Å². The van der Waals surface area contributed by atoms with Gasteiger partial charge >= 0.3 is 0 Å². The van der Waals surface area contributed by atoms with Crippen molar-refractivity contribution in [1.29, 1.82) is 0 Å². The molecule has 0 heterocycles. The summed E-state index contributed by atoms with van der Waals surface area (Å²) in [5, 5.41) is 0. The van der Waals surface area contributed by atoms with Crippen LogP contribution >= 0.6 is 0 Å². The smallest absolute Gasteiger partial charge is 0.178 e. The summed E-state index contributed by atoms with van der Waals surface area (Å²) in [6, 6.07) is 7.75. The monoisotopic (exact) mass is 183 g/mol. The van der Waals surface area contributed by atoms with Gasteiger partial charge in [-0.15, -0.1) is 0 Å². The van der Waals surface area contributed by atoms with Crippen LogP contribution in [0.15, 0.2) is 23.1 Å². The molecule has 0 N–H and O–H groups in total.